The van der Waals surface area contributed by atoms with Crippen LogP contribution in [0.15, 0.2) is 72.8 Å². The van der Waals surface area contributed by atoms with E-state index in [0.717, 1.165) is 6.26 Å². The first kappa shape index (κ1) is 20.3. The zero-order valence-corrected chi connectivity index (χ0v) is 16.8. The van der Waals surface area contributed by atoms with Crippen LogP contribution >= 0.6 is 0 Å². The third-order valence-corrected chi connectivity index (χ3v) is 4.92. The van der Waals surface area contributed by atoms with Gasteiger partial charge in [-0.3, -0.25) is 14.3 Å². The van der Waals surface area contributed by atoms with Gasteiger partial charge >= 0.3 is 0 Å². The lowest BCUT2D eigenvalue weighted by Gasteiger charge is -2.14. The molecule has 3 aromatic rings. The van der Waals surface area contributed by atoms with E-state index in [-0.39, 0.29) is 5.78 Å². The molecule has 1 amide bonds. The fourth-order valence-corrected chi connectivity index (χ4v) is 3.54. The van der Waals surface area contributed by atoms with Crippen LogP contribution in [0, 0.1) is 6.92 Å². The third kappa shape index (κ3) is 4.89. The molecule has 29 heavy (non-hydrogen) atoms. The van der Waals surface area contributed by atoms with Crippen molar-refractivity contribution in [3.05, 3.63) is 95.1 Å². The number of amides is 1. The van der Waals surface area contributed by atoms with Crippen molar-refractivity contribution in [2.24, 2.45) is 0 Å². The zero-order valence-electron chi connectivity index (χ0n) is 16.0. The lowest BCUT2D eigenvalue weighted by Crippen LogP contribution is -2.18. The van der Waals surface area contributed by atoms with Crippen molar-refractivity contribution in [1.29, 1.82) is 0 Å². The maximum Gasteiger partial charge on any atom is 0.256 e. The SMILES string of the molecule is Cc1c(NS(C)(=O)=O)cccc1C(=O)Nc1ccccc1C(=O)c1ccccc1. The Morgan fingerprint density at radius 3 is 2.03 bits per heavy atom. The summed E-state index contributed by atoms with van der Waals surface area (Å²) in [6, 6.07) is 20.3. The molecule has 0 aliphatic heterocycles. The molecule has 0 aliphatic carbocycles. The van der Waals surface area contributed by atoms with Crippen molar-refractivity contribution in [1.82, 2.24) is 0 Å². The second-order valence-electron chi connectivity index (χ2n) is 6.55. The Morgan fingerprint density at radius 2 is 1.34 bits per heavy atom. The molecule has 3 rings (SSSR count). The Morgan fingerprint density at radius 1 is 0.759 bits per heavy atom. The number of carbonyl (C=O) groups is 2. The van der Waals surface area contributed by atoms with E-state index in [4.69, 9.17) is 0 Å². The van der Waals surface area contributed by atoms with E-state index in [9.17, 15) is 18.0 Å². The number of ketones is 1. The van der Waals surface area contributed by atoms with Crippen LogP contribution in [0.2, 0.25) is 0 Å². The lowest BCUT2D eigenvalue weighted by atomic mass is 10.0. The molecule has 0 radical (unpaired) electrons. The molecule has 0 saturated carbocycles. The van der Waals surface area contributed by atoms with Gasteiger partial charge in [0.1, 0.15) is 0 Å². The summed E-state index contributed by atoms with van der Waals surface area (Å²) in [7, 11) is -3.48. The van der Waals surface area contributed by atoms with Crippen LogP contribution in [0.1, 0.15) is 31.8 Å². The topological polar surface area (TPSA) is 92.3 Å². The fraction of sp³-hybridized carbons (Fsp3) is 0.0909. The molecule has 2 N–H and O–H groups in total. The number of anilines is 2. The van der Waals surface area contributed by atoms with Gasteiger partial charge in [-0.1, -0.05) is 48.5 Å². The maximum atomic E-state index is 12.9. The predicted octanol–water partition coefficient (Wildman–Crippen LogP) is 3.85. The van der Waals surface area contributed by atoms with Crippen molar-refractivity contribution < 1.29 is 18.0 Å². The number of rotatable bonds is 6. The highest BCUT2D eigenvalue weighted by Crippen LogP contribution is 2.23. The van der Waals surface area contributed by atoms with Gasteiger partial charge in [0.25, 0.3) is 5.91 Å². The van der Waals surface area contributed by atoms with Gasteiger partial charge in [-0.2, -0.15) is 0 Å². The Balaban J connectivity index is 1.91. The van der Waals surface area contributed by atoms with E-state index >= 15 is 0 Å². The predicted molar refractivity (Wildman–Crippen MR) is 114 cm³/mol. The molecule has 0 aliphatic rings. The molecule has 0 unspecified atom stereocenters. The Kier molecular flexibility index (Phi) is 5.79. The smallest absolute Gasteiger partial charge is 0.256 e. The van der Waals surface area contributed by atoms with Gasteiger partial charge in [0, 0.05) is 16.7 Å². The van der Waals surface area contributed by atoms with Crippen LogP contribution in [0.5, 0.6) is 0 Å². The molecule has 0 spiro atoms. The minimum atomic E-state index is -3.48. The molecule has 6 nitrogen and oxygen atoms in total. The first-order valence-corrected chi connectivity index (χ1v) is 10.7. The van der Waals surface area contributed by atoms with Gasteiger partial charge in [0.05, 0.1) is 17.6 Å². The summed E-state index contributed by atoms with van der Waals surface area (Å²) in [4.78, 5) is 25.7. The van der Waals surface area contributed by atoms with Crippen LogP contribution in [-0.4, -0.2) is 26.4 Å². The maximum absolute atomic E-state index is 12.9. The third-order valence-electron chi connectivity index (χ3n) is 4.33. The second kappa shape index (κ2) is 8.28. The lowest BCUT2D eigenvalue weighted by molar-refractivity contribution is 0.102. The van der Waals surface area contributed by atoms with E-state index in [0.29, 0.717) is 33.6 Å². The van der Waals surface area contributed by atoms with Crippen LogP contribution in [0.3, 0.4) is 0 Å². The van der Waals surface area contributed by atoms with Gasteiger partial charge in [0.2, 0.25) is 10.0 Å². The zero-order chi connectivity index (χ0) is 21.0. The monoisotopic (exact) mass is 408 g/mol. The number of carbonyl (C=O) groups excluding carboxylic acids is 2. The highest BCUT2D eigenvalue weighted by molar-refractivity contribution is 7.92. The molecular formula is C22H20N2O4S. The van der Waals surface area contributed by atoms with Gasteiger partial charge < -0.3 is 5.32 Å². The molecule has 0 bridgehead atoms. The summed E-state index contributed by atoms with van der Waals surface area (Å²) in [6.45, 7) is 1.66. The van der Waals surface area contributed by atoms with Crippen molar-refractivity contribution in [2.45, 2.75) is 6.92 Å². The van der Waals surface area contributed by atoms with Crippen LogP contribution in [-0.2, 0) is 10.0 Å². The molecule has 0 heterocycles. The average molecular weight is 408 g/mol. The fourth-order valence-electron chi connectivity index (χ4n) is 2.92. The molecule has 0 saturated heterocycles. The average Bonchev–Trinajstić information content (AvgIpc) is 2.69. The van der Waals surface area contributed by atoms with Gasteiger partial charge in [-0.05, 0) is 36.8 Å². The standard InChI is InChI=1S/C22H20N2O4S/c1-15-17(12-8-14-19(15)24-29(2,27)28)22(26)23-20-13-7-6-11-18(20)21(25)16-9-4-3-5-10-16/h3-14,24H,1-2H3,(H,23,26). The summed E-state index contributed by atoms with van der Waals surface area (Å²) >= 11 is 0. The van der Waals surface area contributed by atoms with Crippen molar-refractivity contribution in [2.75, 3.05) is 16.3 Å². The van der Waals surface area contributed by atoms with Gasteiger partial charge in [0.15, 0.2) is 5.78 Å². The van der Waals surface area contributed by atoms with Crippen molar-refractivity contribution >= 4 is 33.1 Å². The molecule has 0 atom stereocenters. The molecule has 148 valence electrons. The minimum Gasteiger partial charge on any atom is -0.321 e. The summed E-state index contributed by atoms with van der Waals surface area (Å²) in [5.41, 5.74) is 2.39. The van der Waals surface area contributed by atoms with Crippen LogP contribution < -0.4 is 10.0 Å². The number of benzene rings is 3. The van der Waals surface area contributed by atoms with Crippen LogP contribution in [0.4, 0.5) is 11.4 Å². The largest absolute Gasteiger partial charge is 0.321 e. The highest BCUT2D eigenvalue weighted by Gasteiger charge is 2.18. The van der Waals surface area contributed by atoms with E-state index in [1.54, 1.807) is 73.7 Å². The molecule has 0 aromatic heterocycles. The number of nitrogens with one attached hydrogen (secondary N) is 2. The quantitative estimate of drug-likeness (QED) is 0.606. The van der Waals surface area contributed by atoms with Gasteiger partial charge in [-0.25, -0.2) is 8.42 Å². The van der Waals surface area contributed by atoms with E-state index in [1.807, 2.05) is 6.07 Å². The summed E-state index contributed by atoms with van der Waals surface area (Å²) in [5, 5.41) is 2.77. The number of hydrogen-bond acceptors (Lipinski definition) is 4. The molecule has 7 heteroatoms. The Labute approximate surface area is 169 Å². The summed E-state index contributed by atoms with van der Waals surface area (Å²) in [6.07, 6.45) is 1.05. The summed E-state index contributed by atoms with van der Waals surface area (Å²) in [5.74, 6) is -0.640. The number of sulfonamides is 1. The first-order chi connectivity index (χ1) is 13.8. The number of hydrogen-bond donors (Lipinski definition) is 2. The van der Waals surface area contributed by atoms with Crippen LogP contribution in [0.25, 0.3) is 0 Å². The molecule has 3 aromatic carbocycles. The molecule has 0 fully saturated rings. The van der Waals surface area contributed by atoms with Crippen molar-refractivity contribution in [3.8, 4) is 0 Å². The normalized spacial score (nSPS) is 11.0. The summed E-state index contributed by atoms with van der Waals surface area (Å²) < 4.78 is 25.5. The van der Waals surface area contributed by atoms with E-state index in [2.05, 4.69) is 10.0 Å². The minimum absolute atomic E-state index is 0.203. The van der Waals surface area contributed by atoms with Crippen molar-refractivity contribution in [3.63, 3.8) is 0 Å². The second-order valence-corrected chi connectivity index (χ2v) is 8.30. The first-order valence-electron chi connectivity index (χ1n) is 8.84. The van der Waals surface area contributed by atoms with Gasteiger partial charge in [-0.15, -0.1) is 0 Å². The van der Waals surface area contributed by atoms with E-state index < -0.39 is 15.9 Å². The van der Waals surface area contributed by atoms with E-state index in [1.165, 1.54) is 0 Å². The Hall–Kier alpha value is -3.45. The highest BCUT2D eigenvalue weighted by atomic mass is 32.2. The number of para-hydroxylation sites is 1. The molecular weight excluding hydrogens is 388 g/mol. The Bertz CT molecular complexity index is 1170.